The Morgan fingerprint density at radius 3 is 2.80 bits per heavy atom. The quantitative estimate of drug-likeness (QED) is 0.660. The van der Waals surface area contributed by atoms with Crippen molar-refractivity contribution in [3.63, 3.8) is 0 Å². The first kappa shape index (κ1) is 17.5. The molecule has 0 fully saturated rings. The van der Waals surface area contributed by atoms with Crippen molar-refractivity contribution in [2.45, 2.75) is 17.9 Å². The van der Waals surface area contributed by atoms with Gasteiger partial charge < -0.3 is 5.32 Å². The molecule has 3 aromatic rings. The molecule has 0 bridgehead atoms. The van der Waals surface area contributed by atoms with Crippen molar-refractivity contribution in [2.75, 3.05) is 11.6 Å². The number of hydrogen-bond acceptors (Lipinski definition) is 4. The molecular weight excluding hydrogens is 356 g/mol. The van der Waals surface area contributed by atoms with Crippen molar-refractivity contribution in [3.8, 4) is 0 Å². The summed E-state index contributed by atoms with van der Waals surface area (Å²) in [4.78, 5) is 17.4. The fraction of sp³-hybridized carbons (Fsp3) is 0.167. The van der Waals surface area contributed by atoms with Crippen LogP contribution in [0.3, 0.4) is 0 Å². The number of rotatable bonds is 6. The smallest absolute Gasteiger partial charge is 0.258 e. The highest BCUT2D eigenvalue weighted by Gasteiger charge is 2.13. The molecule has 0 saturated heterocycles. The number of hydrogen-bond donors (Lipinski definition) is 1. The second-order valence-corrected chi connectivity index (χ2v) is 6.66. The molecule has 0 aliphatic carbocycles. The summed E-state index contributed by atoms with van der Waals surface area (Å²) in [6.45, 7) is 0.725. The summed E-state index contributed by atoms with van der Waals surface area (Å²) in [5.41, 5.74) is 1.64. The lowest BCUT2D eigenvalue weighted by molar-refractivity contribution is 0.102. The van der Waals surface area contributed by atoms with Crippen LogP contribution < -0.4 is 5.32 Å². The van der Waals surface area contributed by atoms with Gasteiger partial charge in [-0.2, -0.15) is 5.10 Å². The number of thioether (sulfide) groups is 1. The predicted octanol–water partition coefficient (Wildman–Crippen LogP) is 4.15. The number of aryl methyl sites for hydroxylation is 2. The third-order valence-electron chi connectivity index (χ3n) is 3.68. The van der Waals surface area contributed by atoms with Crippen molar-refractivity contribution in [2.24, 2.45) is 0 Å². The molecule has 1 amide bonds. The zero-order chi connectivity index (χ0) is 17.6. The summed E-state index contributed by atoms with van der Waals surface area (Å²) in [6.07, 6.45) is 8.19. The number of nitrogens with one attached hydrogen (secondary N) is 1. The summed E-state index contributed by atoms with van der Waals surface area (Å²) in [5, 5.41) is 7.60. The SMILES string of the molecule is CSc1ccc(Cl)c(C(=O)Nc2ccn(CCc3ccncc3)n2)c1. The van der Waals surface area contributed by atoms with E-state index in [-0.39, 0.29) is 5.91 Å². The minimum Gasteiger partial charge on any atom is -0.305 e. The van der Waals surface area contributed by atoms with Gasteiger partial charge in [0.2, 0.25) is 0 Å². The summed E-state index contributed by atoms with van der Waals surface area (Å²) in [5.74, 6) is 0.241. The molecule has 1 aromatic carbocycles. The molecule has 0 atom stereocenters. The van der Waals surface area contributed by atoms with Gasteiger partial charge in [0.1, 0.15) is 0 Å². The minimum atomic E-state index is -0.264. The van der Waals surface area contributed by atoms with Gasteiger partial charge in [0.05, 0.1) is 10.6 Å². The van der Waals surface area contributed by atoms with Crippen molar-refractivity contribution >= 4 is 35.1 Å². The Kier molecular flexibility index (Phi) is 5.73. The monoisotopic (exact) mass is 372 g/mol. The van der Waals surface area contributed by atoms with E-state index in [1.54, 1.807) is 47.0 Å². The van der Waals surface area contributed by atoms with Crippen LogP contribution in [0.1, 0.15) is 15.9 Å². The van der Waals surface area contributed by atoms with Gasteiger partial charge in [-0.05, 0) is 48.6 Å². The van der Waals surface area contributed by atoms with Gasteiger partial charge in [-0.25, -0.2) is 0 Å². The van der Waals surface area contributed by atoms with E-state index >= 15 is 0 Å². The predicted molar refractivity (Wildman–Crippen MR) is 101 cm³/mol. The number of pyridine rings is 1. The van der Waals surface area contributed by atoms with E-state index in [0.717, 1.165) is 17.9 Å². The third-order valence-corrected chi connectivity index (χ3v) is 4.73. The van der Waals surface area contributed by atoms with Gasteiger partial charge in [0.15, 0.2) is 5.82 Å². The molecule has 2 heterocycles. The molecule has 0 spiro atoms. The normalized spacial score (nSPS) is 10.6. The maximum Gasteiger partial charge on any atom is 0.258 e. The van der Waals surface area contributed by atoms with Crippen LogP contribution >= 0.6 is 23.4 Å². The standard InChI is InChI=1S/C18H17ClN4OS/c1-25-14-2-3-16(19)15(12-14)18(24)21-17-7-11-23(22-17)10-6-13-4-8-20-9-5-13/h2-5,7-9,11-12H,6,10H2,1H3,(H,21,22,24). The number of benzene rings is 1. The van der Waals surface area contributed by atoms with E-state index in [0.29, 0.717) is 16.4 Å². The Balaban J connectivity index is 1.64. The number of nitrogens with zero attached hydrogens (tertiary/aromatic N) is 3. The maximum atomic E-state index is 12.4. The highest BCUT2D eigenvalue weighted by molar-refractivity contribution is 7.98. The summed E-state index contributed by atoms with van der Waals surface area (Å²) >= 11 is 7.70. The topological polar surface area (TPSA) is 59.8 Å². The first-order valence-electron chi connectivity index (χ1n) is 7.73. The van der Waals surface area contributed by atoms with Crippen LogP contribution in [0.5, 0.6) is 0 Å². The first-order chi connectivity index (χ1) is 12.2. The molecule has 7 heteroatoms. The Morgan fingerprint density at radius 1 is 1.24 bits per heavy atom. The molecule has 2 aromatic heterocycles. The lowest BCUT2D eigenvalue weighted by Crippen LogP contribution is -2.13. The fourth-order valence-corrected chi connectivity index (χ4v) is 2.98. The van der Waals surface area contributed by atoms with E-state index in [1.807, 2.05) is 30.7 Å². The van der Waals surface area contributed by atoms with E-state index in [1.165, 1.54) is 5.56 Å². The van der Waals surface area contributed by atoms with Crippen molar-refractivity contribution in [3.05, 3.63) is 71.1 Å². The summed E-state index contributed by atoms with van der Waals surface area (Å²) in [7, 11) is 0. The highest BCUT2D eigenvalue weighted by atomic mass is 35.5. The molecule has 25 heavy (non-hydrogen) atoms. The number of halogens is 1. The lowest BCUT2D eigenvalue weighted by Gasteiger charge is -2.06. The average molecular weight is 373 g/mol. The highest BCUT2D eigenvalue weighted by Crippen LogP contribution is 2.23. The number of anilines is 1. The molecule has 0 aliphatic heterocycles. The number of carbonyl (C=O) groups excluding carboxylic acids is 1. The Bertz CT molecular complexity index is 867. The van der Waals surface area contributed by atoms with Crippen LogP contribution in [0.4, 0.5) is 5.82 Å². The van der Waals surface area contributed by atoms with Crippen LogP contribution in [0.15, 0.2) is 59.9 Å². The van der Waals surface area contributed by atoms with Gasteiger partial charge in [0, 0.05) is 36.1 Å². The van der Waals surface area contributed by atoms with Crippen LogP contribution in [0, 0.1) is 0 Å². The van der Waals surface area contributed by atoms with Gasteiger partial charge in [0.25, 0.3) is 5.91 Å². The van der Waals surface area contributed by atoms with Crippen molar-refractivity contribution in [1.29, 1.82) is 0 Å². The molecule has 5 nitrogen and oxygen atoms in total. The molecule has 0 aliphatic rings. The summed E-state index contributed by atoms with van der Waals surface area (Å²) < 4.78 is 1.80. The van der Waals surface area contributed by atoms with Gasteiger partial charge in [-0.1, -0.05) is 11.6 Å². The molecule has 3 rings (SSSR count). The maximum absolute atomic E-state index is 12.4. The molecule has 128 valence electrons. The third kappa shape index (κ3) is 4.61. The number of amides is 1. The van der Waals surface area contributed by atoms with E-state index in [4.69, 9.17) is 11.6 Å². The molecule has 0 unspecified atom stereocenters. The largest absolute Gasteiger partial charge is 0.305 e. The number of aromatic nitrogens is 3. The Hall–Kier alpha value is -2.31. The second-order valence-electron chi connectivity index (χ2n) is 5.37. The van der Waals surface area contributed by atoms with Crippen molar-refractivity contribution in [1.82, 2.24) is 14.8 Å². The molecular formula is C18H17ClN4OS. The van der Waals surface area contributed by atoms with Crippen LogP contribution in [-0.4, -0.2) is 26.9 Å². The van der Waals surface area contributed by atoms with E-state index in [9.17, 15) is 4.79 Å². The minimum absolute atomic E-state index is 0.264. The zero-order valence-corrected chi connectivity index (χ0v) is 15.2. The van der Waals surface area contributed by atoms with Crippen LogP contribution in [0.25, 0.3) is 0 Å². The Morgan fingerprint density at radius 2 is 2.04 bits per heavy atom. The van der Waals surface area contributed by atoms with Gasteiger partial charge >= 0.3 is 0 Å². The molecule has 0 saturated carbocycles. The van der Waals surface area contributed by atoms with E-state index in [2.05, 4.69) is 15.4 Å². The zero-order valence-electron chi connectivity index (χ0n) is 13.6. The van der Waals surface area contributed by atoms with Crippen LogP contribution in [0.2, 0.25) is 5.02 Å². The van der Waals surface area contributed by atoms with E-state index < -0.39 is 0 Å². The fourth-order valence-electron chi connectivity index (χ4n) is 2.34. The molecule has 0 radical (unpaired) electrons. The summed E-state index contributed by atoms with van der Waals surface area (Å²) in [6, 6.07) is 11.1. The van der Waals surface area contributed by atoms with Gasteiger partial charge in [-0.3, -0.25) is 14.5 Å². The molecule has 1 N–H and O–H groups in total. The average Bonchev–Trinajstić information content (AvgIpc) is 3.08. The second kappa shape index (κ2) is 8.18. The lowest BCUT2D eigenvalue weighted by atomic mass is 10.2. The number of carbonyl (C=O) groups is 1. The first-order valence-corrected chi connectivity index (χ1v) is 9.33. The van der Waals surface area contributed by atoms with Crippen LogP contribution in [-0.2, 0) is 13.0 Å². The Labute approximate surface area is 155 Å². The van der Waals surface area contributed by atoms with Crippen molar-refractivity contribution < 1.29 is 4.79 Å². The van der Waals surface area contributed by atoms with Gasteiger partial charge in [-0.15, -0.1) is 11.8 Å².